The van der Waals surface area contributed by atoms with Crippen molar-refractivity contribution >= 4 is 17.4 Å². The Morgan fingerprint density at radius 3 is 2.30 bits per heavy atom. The van der Waals surface area contributed by atoms with Crippen LogP contribution in [-0.2, 0) is 0 Å². The SMILES string of the molecule is Nc1ccc(S[C@H](C[N+](=O)[O-])c2ccc(F)cc2)cc1. The standard InChI is InChI=1S/C14H13FN2O2S/c15-11-3-1-10(2-4-11)14(9-17(18)19)20-13-7-5-12(16)6-8-13/h1-8,14H,9,16H2/t14-/m1/s1. The van der Waals surface area contributed by atoms with E-state index >= 15 is 0 Å². The van der Waals surface area contributed by atoms with E-state index in [1.807, 2.05) is 12.1 Å². The quantitative estimate of drug-likeness (QED) is 0.396. The number of rotatable bonds is 5. The number of hydrogen-bond acceptors (Lipinski definition) is 4. The van der Waals surface area contributed by atoms with E-state index in [1.54, 1.807) is 24.3 Å². The van der Waals surface area contributed by atoms with Crippen molar-refractivity contribution < 1.29 is 9.31 Å². The zero-order chi connectivity index (χ0) is 14.5. The van der Waals surface area contributed by atoms with Gasteiger partial charge < -0.3 is 5.73 Å². The van der Waals surface area contributed by atoms with E-state index in [1.165, 1.54) is 23.9 Å². The molecule has 0 aliphatic heterocycles. The molecule has 0 saturated heterocycles. The smallest absolute Gasteiger partial charge is 0.220 e. The highest BCUT2D eigenvalue weighted by Crippen LogP contribution is 2.35. The molecule has 1 atom stereocenters. The van der Waals surface area contributed by atoms with E-state index in [-0.39, 0.29) is 22.5 Å². The third-order valence-corrected chi connectivity index (χ3v) is 3.97. The van der Waals surface area contributed by atoms with E-state index < -0.39 is 0 Å². The molecule has 0 heterocycles. The van der Waals surface area contributed by atoms with Crippen LogP contribution in [0.1, 0.15) is 10.8 Å². The van der Waals surface area contributed by atoms with Gasteiger partial charge in [-0.15, -0.1) is 11.8 Å². The van der Waals surface area contributed by atoms with Crippen LogP contribution in [0.2, 0.25) is 0 Å². The predicted octanol–water partition coefficient (Wildman–Crippen LogP) is 3.52. The van der Waals surface area contributed by atoms with Gasteiger partial charge in [-0.05, 0) is 42.0 Å². The Morgan fingerprint density at radius 2 is 1.75 bits per heavy atom. The summed E-state index contributed by atoms with van der Waals surface area (Å²) in [5.41, 5.74) is 6.97. The van der Waals surface area contributed by atoms with Gasteiger partial charge in [0.25, 0.3) is 0 Å². The molecular formula is C14H13FN2O2S. The number of nitrogens with zero attached hydrogens (tertiary/aromatic N) is 1. The summed E-state index contributed by atoms with van der Waals surface area (Å²) in [7, 11) is 0. The lowest BCUT2D eigenvalue weighted by Gasteiger charge is -2.13. The molecule has 0 amide bonds. The van der Waals surface area contributed by atoms with Gasteiger partial charge in [0.15, 0.2) is 0 Å². The molecule has 6 heteroatoms. The molecule has 0 radical (unpaired) electrons. The van der Waals surface area contributed by atoms with Crippen molar-refractivity contribution in [3.8, 4) is 0 Å². The lowest BCUT2D eigenvalue weighted by atomic mass is 10.1. The van der Waals surface area contributed by atoms with Crippen molar-refractivity contribution in [3.05, 3.63) is 70.0 Å². The summed E-state index contributed by atoms with van der Waals surface area (Å²) in [6.45, 7) is -0.222. The molecule has 2 rings (SSSR count). The van der Waals surface area contributed by atoms with Crippen molar-refractivity contribution in [1.82, 2.24) is 0 Å². The minimum atomic E-state index is -0.366. The van der Waals surface area contributed by atoms with Crippen molar-refractivity contribution in [1.29, 1.82) is 0 Å². The molecule has 0 aliphatic rings. The Morgan fingerprint density at radius 1 is 1.15 bits per heavy atom. The van der Waals surface area contributed by atoms with Gasteiger partial charge in [-0.25, -0.2) is 4.39 Å². The molecule has 0 aliphatic carbocycles. The predicted molar refractivity (Wildman–Crippen MR) is 77.7 cm³/mol. The van der Waals surface area contributed by atoms with E-state index in [0.29, 0.717) is 5.69 Å². The Hall–Kier alpha value is -2.08. The highest BCUT2D eigenvalue weighted by molar-refractivity contribution is 7.99. The van der Waals surface area contributed by atoms with Crippen LogP contribution in [0.4, 0.5) is 10.1 Å². The van der Waals surface area contributed by atoms with Crippen LogP contribution in [0.15, 0.2) is 53.4 Å². The number of anilines is 1. The first-order valence-corrected chi connectivity index (χ1v) is 6.82. The summed E-state index contributed by atoms with van der Waals surface area (Å²) in [6.07, 6.45) is 0. The first-order valence-electron chi connectivity index (χ1n) is 5.94. The number of nitro groups is 1. The fourth-order valence-corrected chi connectivity index (χ4v) is 2.85. The van der Waals surface area contributed by atoms with Gasteiger partial charge >= 0.3 is 0 Å². The summed E-state index contributed by atoms with van der Waals surface area (Å²) in [5, 5.41) is 10.4. The minimum Gasteiger partial charge on any atom is -0.399 e. The maximum Gasteiger partial charge on any atom is 0.220 e. The van der Waals surface area contributed by atoms with Gasteiger partial charge in [-0.1, -0.05) is 12.1 Å². The summed E-state index contributed by atoms with van der Waals surface area (Å²) in [5.74, 6) is -0.355. The molecule has 2 N–H and O–H groups in total. The second-order valence-electron chi connectivity index (χ2n) is 4.24. The van der Waals surface area contributed by atoms with E-state index in [4.69, 9.17) is 5.73 Å². The zero-order valence-electron chi connectivity index (χ0n) is 10.5. The average molecular weight is 292 g/mol. The van der Waals surface area contributed by atoms with Crippen LogP contribution in [-0.4, -0.2) is 11.5 Å². The molecule has 0 unspecified atom stereocenters. The molecular weight excluding hydrogens is 279 g/mol. The molecule has 2 aromatic carbocycles. The first kappa shape index (κ1) is 14.3. The summed E-state index contributed by atoms with van der Waals surface area (Å²) in [4.78, 5) is 11.3. The molecule has 0 fully saturated rings. The molecule has 4 nitrogen and oxygen atoms in total. The van der Waals surface area contributed by atoms with Crippen LogP contribution in [0.5, 0.6) is 0 Å². The zero-order valence-corrected chi connectivity index (χ0v) is 11.3. The Bertz CT molecular complexity index is 587. The average Bonchev–Trinajstić information content (AvgIpc) is 2.41. The third kappa shape index (κ3) is 3.96. The summed E-state index contributed by atoms with van der Waals surface area (Å²) >= 11 is 1.37. The van der Waals surface area contributed by atoms with Gasteiger partial charge in [-0.2, -0.15) is 0 Å². The molecule has 0 bridgehead atoms. The van der Waals surface area contributed by atoms with Crippen molar-refractivity contribution in [3.63, 3.8) is 0 Å². The van der Waals surface area contributed by atoms with E-state index in [9.17, 15) is 14.5 Å². The number of benzene rings is 2. The van der Waals surface area contributed by atoms with E-state index in [0.717, 1.165) is 10.5 Å². The molecule has 104 valence electrons. The normalized spacial score (nSPS) is 12.1. The topological polar surface area (TPSA) is 69.2 Å². The van der Waals surface area contributed by atoms with Crippen LogP contribution >= 0.6 is 11.8 Å². The first-order chi connectivity index (χ1) is 9.54. The molecule has 0 spiro atoms. The molecule has 0 saturated carbocycles. The molecule has 20 heavy (non-hydrogen) atoms. The number of hydrogen-bond donors (Lipinski definition) is 1. The van der Waals surface area contributed by atoms with Crippen LogP contribution in [0, 0.1) is 15.9 Å². The maximum atomic E-state index is 12.9. The van der Waals surface area contributed by atoms with Gasteiger partial charge in [0.1, 0.15) is 5.82 Å². The van der Waals surface area contributed by atoms with Crippen LogP contribution in [0.25, 0.3) is 0 Å². The highest BCUT2D eigenvalue weighted by Gasteiger charge is 2.19. The second-order valence-corrected chi connectivity index (χ2v) is 5.52. The van der Waals surface area contributed by atoms with Crippen molar-refractivity contribution in [2.24, 2.45) is 0 Å². The lowest BCUT2D eigenvalue weighted by Crippen LogP contribution is -2.09. The van der Waals surface area contributed by atoms with Gasteiger partial charge in [-0.3, -0.25) is 10.1 Å². The Kier molecular flexibility index (Phi) is 4.57. The van der Waals surface area contributed by atoms with Gasteiger partial charge in [0.05, 0.1) is 5.25 Å². The van der Waals surface area contributed by atoms with Gasteiger partial charge in [0.2, 0.25) is 6.54 Å². The number of nitrogen functional groups attached to an aromatic ring is 1. The largest absolute Gasteiger partial charge is 0.399 e. The summed E-state index contributed by atoms with van der Waals surface area (Å²) < 4.78 is 12.9. The van der Waals surface area contributed by atoms with Crippen LogP contribution < -0.4 is 5.73 Å². The van der Waals surface area contributed by atoms with E-state index in [2.05, 4.69) is 0 Å². The fourth-order valence-electron chi connectivity index (χ4n) is 1.73. The number of halogens is 1. The van der Waals surface area contributed by atoms with Crippen LogP contribution in [0.3, 0.4) is 0 Å². The molecule has 2 aromatic rings. The van der Waals surface area contributed by atoms with Crippen molar-refractivity contribution in [2.45, 2.75) is 10.1 Å². The monoisotopic (exact) mass is 292 g/mol. The Labute approximate surface area is 119 Å². The van der Waals surface area contributed by atoms with Gasteiger partial charge in [0, 0.05) is 15.5 Å². The second kappa shape index (κ2) is 6.38. The Balaban J connectivity index is 2.21. The summed E-state index contributed by atoms with van der Waals surface area (Å²) in [6, 6.07) is 12.9. The lowest BCUT2D eigenvalue weighted by molar-refractivity contribution is -0.479. The fraction of sp³-hybridized carbons (Fsp3) is 0.143. The highest BCUT2D eigenvalue weighted by atomic mass is 32.2. The molecule has 0 aromatic heterocycles. The maximum absolute atomic E-state index is 12.9. The van der Waals surface area contributed by atoms with Crippen molar-refractivity contribution in [2.75, 3.05) is 12.3 Å². The number of nitrogens with two attached hydrogens (primary N) is 1. The minimum absolute atomic E-state index is 0.222. The third-order valence-electron chi connectivity index (χ3n) is 2.72. The number of thioether (sulfide) groups is 1.